The second kappa shape index (κ2) is 7.58. The van der Waals surface area contributed by atoms with Gasteiger partial charge in [0.2, 0.25) is 5.91 Å². The molecule has 1 N–H and O–H groups in total. The number of aromatic nitrogens is 1. The Morgan fingerprint density at radius 3 is 2.69 bits per heavy atom. The summed E-state index contributed by atoms with van der Waals surface area (Å²) < 4.78 is 0. The molecule has 2 fully saturated rings. The molecule has 1 amide bonds. The standard InChI is InChI=1S/C22H27N3O/c1-16-5-4-13-23-20(16)15-25-14-3-2-6-21(25)22(26)24-19-11-9-18(10-12-19)17-7-8-17/h4-5,9-13,17,21H,2-3,6-8,14-15H2,1H3,(H,24,26). The molecule has 1 aromatic carbocycles. The number of likely N-dealkylation sites (tertiary alicyclic amines) is 1. The van der Waals surface area contributed by atoms with E-state index < -0.39 is 0 Å². The topological polar surface area (TPSA) is 45.2 Å². The minimum Gasteiger partial charge on any atom is -0.325 e. The lowest BCUT2D eigenvalue weighted by Crippen LogP contribution is -2.46. The molecule has 1 aliphatic carbocycles. The summed E-state index contributed by atoms with van der Waals surface area (Å²) in [4.78, 5) is 19.7. The molecule has 2 aliphatic rings. The van der Waals surface area contributed by atoms with Crippen molar-refractivity contribution in [1.82, 2.24) is 9.88 Å². The second-order valence-electron chi connectivity index (χ2n) is 7.63. The largest absolute Gasteiger partial charge is 0.325 e. The van der Waals surface area contributed by atoms with Gasteiger partial charge in [0.1, 0.15) is 0 Å². The zero-order chi connectivity index (χ0) is 17.9. The van der Waals surface area contributed by atoms with E-state index in [9.17, 15) is 4.79 Å². The summed E-state index contributed by atoms with van der Waals surface area (Å²) in [5.41, 5.74) is 4.56. The van der Waals surface area contributed by atoms with E-state index in [-0.39, 0.29) is 11.9 Å². The third-order valence-electron chi connectivity index (χ3n) is 5.61. The van der Waals surface area contributed by atoms with E-state index in [0.29, 0.717) is 0 Å². The number of anilines is 1. The Hall–Kier alpha value is -2.20. The Kier molecular flexibility index (Phi) is 5.02. The lowest BCUT2D eigenvalue weighted by atomic mass is 10.0. The van der Waals surface area contributed by atoms with Crippen molar-refractivity contribution < 1.29 is 4.79 Å². The SMILES string of the molecule is Cc1cccnc1CN1CCCCC1C(=O)Nc1ccc(C2CC2)cc1. The van der Waals surface area contributed by atoms with Crippen LogP contribution in [0.3, 0.4) is 0 Å². The van der Waals surface area contributed by atoms with Gasteiger partial charge in [-0.2, -0.15) is 0 Å². The van der Waals surface area contributed by atoms with Crippen LogP contribution in [0.15, 0.2) is 42.6 Å². The number of amides is 1. The molecule has 26 heavy (non-hydrogen) atoms. The average molecular weight is 349 g/mol. The Balaban J connectivity index is 1.43. The minimum absolute atomic E-state index is 0.0757. The fourth-order valence-electron chi connectivity index (χ4n) is 3.83. The maximum absolute atomic E-state index is 12.9. The van der Waals surface area contributed by atoms with E-state index in [2.05, 4.69) is 40.3 Å². The van der Waals surface area contributed by atoms with Gasteiger partial charge in [0, 0.05) is 18.4 Å². The molecule has 1 aliphatic heterocycles. The lowest BCUT2D eigenvalue weighted by Gasteiger charge is -2.34. The highest BCUT2D eigenvalue weighted by Gasteiger charge is 2.29. The number of nitrogens with zero attached hydrogens (tertiary/aromatic N) is 2. The van der Waals surface area contributed by atoms with Gasteiger partial charge in [-0.05, 0) is 74.4 Å². The molecule has 4 nitrogen and oxygen atoms in total. The lowest BCUT2D eigenvalue weighted by molar-refractivity contribution is -0.122. The smallest absolute Gasteiger partial charge is 0.241 e. The van der Waals surface area contributed by atoms with Gasteiger partial charge in [0.05, 0.1) is 11.7 Å². The van der Waals surface area contributed by atoms with Crippen LogP contribution in [0, 0.1) is 6.92 Å². The van der Waals surface area contributed by atoms with E-state index in [1.807, 2.05) is 24.4 Å². The van der Waals surface area contributed by atoms with Crippen LogP contribution >= 0.6 is 0 Å². The molecule has 2 heterocycles. The molecule has 0 spiro atoms. The third-order valence-corrected chi connectivity index (χ3v) is 5.61. The first-order valence-corrected chi connectivity index (χ1v) is 9.76. The molecule has 1 aromatic heterocycles. The Bertz CT molecular complexity index is 767. The van der Waals surface area contributed by atoms with E-state index in [1.165, 1.54) is 24.0 Å². The summed E-state index contributed by atoms with van der Waals surface area (Å²) in [6.07, 6.45) is 7.61. The summed E-state index contributed by atoms with van der Waals surface area (Å²) in [7, 11) is 0. The summed E-state index contributed by atoms with van der Waals surface area (Å²) >= 11 is 0. The van der Waals surface area contributed by atoms with Gasteiger partial charge in [-0.3, -0.25) is 14.7 Å². The second-order valence-corrected chi connectivity index (χ2v) is 7.63. The number of carbonyl (C=O) groups excluding carboxylic acids is 1. The fraction of sp³-hybridized carbons (Fsp3) is 0.455. The minimum atomic E-state index is -0.0757. The molecular weight excluding hydrogens is 322 g/mol. The number of pyridine rings is 1. The summed E-state index contributed by atoms with van der Waals surface area (Å²) in [5.74, 6) is 0.854. The predicted molar refractivity (Wildman–Crippen MR) is 104 cm³/mol. The number of rotatable bonds is 5. The molecular formula is C22H27N3O. The van der Waals surface area contributed by atoms with Gasteiger partial charge in [-0.15, -0.1) is 0 Å². The van der Waals surface area contributed by atoms with Crippen molar-refractivity contribution in [3.8, 4) is 0 Å². The Morgan fingerprint density at radius 2 is 1.96 bits per heavy atom. The molecule has 1 unspecified atom stereocenters. The normalized spacial score (nSPS) is 20.7. The van der Waals surface area contributed by atoms with Gasteiger partial charge in [-0.1, -0.05) is 24.6 Å². The van der Waals surface area contributed by atoms with Crippen molar-refractivity contribution in [1.29, 1.82) is 0 Å². The highest BCUT2D eigenvalue weighted by atomic mass is 16.2. The molecule has 4 heteroatoms. The van der Waals surface area contributed by atoms with Gasteiger partial charge in [0.15, 0.2) is 0 Å². The van der Waals surface area contributed by atoms with E-state index in [4.69, 9.17) is 0 Å². The van der Waals surface area contributed by atoms with Crippen molar-refractivity contribution in [2.45, 2.75) is 57.5 Å². The van der Waals surface area contributed by atoms with Crippen molar-refractivity contribution >= 4 is 11.6 Å². The third kappa shape index (κ3) is 3.96. The number of hydrogen-bond donors (Lipinski definition) is 1. The van der Waals surface area contributed by atoms with Crippen LogP contribution in [0.4, 0.5) is 5.69 Å². The van der Waals surface area contributed by atoms with E-state index in [1.54, 1.807) is 0 Å². The number of hydrogen-bond acceptors (Lipinski definition) is 3. The molecule has 1 atom stereocenters. The van der Waals surface area contributed by atoms with Gasteiger partial charge < -0.3 is 5.32 Å². The van der Waals surface area contributed by atoms with E-state index in [0.717, 1.165) is 49.7 Å². The Labute approximate surface area is 155 Å². The first-order chi connectivity index (χ1) is 12.7. The first kappa shape index (κ1) is 17.2. The van der Waals surface area contributed by atoms with Crippen molar-refractivity contribution in [3.05, 3.63) is 59.4 Å². The zero-order valence-corrected chi connectivity index (χ0v) is 15.4. The van der Waals surface area contributed by atoms with E-state index >= 15 is 0 Å². The van der Waals surface area contributed by atoms with Crippen LogP contribution in [0.1, 0.15) is 54.8 Å². The van der Waals surface area contributed by atoms with Crippen LogP contribution in [-0.4, -0.2) is 28.4 Å². The number of aryl methyl sites for hydroxylation is 1. The quantitative estimate of drug-likeness (QED) is 0.877. The van der Waals surface area contributed by atoms with Crippen molar-refractivity contribution in [2.75, 3.05) is 11.9 Å². The first-order valence-electron chi connectivity index (χ1n) is 9.76. The van der Waals surface area contributed by atoms with Crippen LogP contribution < -0.4 is 5.32 Å². The average Bonchev–Trinajstić information content (AvgIpc) is 3.50. The van der Waals surface area contributed by atoms with Gasteiger partial charge >= 0.3 is 0 Å². The fourth-order valence-corrected chi connectivity index (χ4v) is 3.83. The number of benzene rings is 1. The molecule has 136 valence electrons. The molecule has 0 radical (unpaired) electrons. The number of nitrogens with one attached hydrogen (secondary N) is 1. The summed E-state index contributed by atoms with van der Waals surface area (Å²) in [5, 5.41) is 3.13. The number of carbonyl (C=O) groups is 1. The molecule has 0 bridgehead atoms. The van der Waals surface area contributed by atoms with Crippen LogP contribution in [0.5, 0.6) is 0 Å². The zero-order valence-electron chi connectivity index (χ0n) is 15.4. The maximum Gasteiger partial charge on any atom is 0.241 e. The number of piperidine rings is 1. The highest BCUT2D eigenvalue weighted by Crippen LogP contribution is 2.40. The maximum atomic E-state index is 12.9. The summed E-state index contributed by atoms with van der Waals surface area (Å²) in [6.45, 7) is 3.78. The molecule has 2 aromatic rings. The van der Waals surface area contributed by atoms with Gasteiger partial charge in [0.25, 0.3) is 0 Å². The highest BCUT2D eigenvalue weighted by molar-refractivity contribution is 5.94. The predicted octanol–water partition coefficient (Wildman–Crippen LogP) is 4.26. The van der Waals surface area contributed by atoms with Crippen LogP contribution in [0.2, 0.25) is 0 Å². The van der Waals surface area contributed by atoms with Crippen molar-refractivity contribution in [2.24, 2.45) is 0 Å². The monoisotopic (exact) mass is 349 g/mol. The molecule has 1 saturated heterocycles. The van der Waals surface area contributed by atoms with Gasteiger partial charge in [-0.25, -0.2) is 0 Å². The molecule has 1 saturated carbocycles. The van der Waals surface area contributed by atoms with Crippen molar-refractivity contribution in [3.63, 3.8) is 0 Å². The van der Waals surface area contributed by atoms with Crippen LogP contribution in [0.25, 0.3) is 0 Å². The molecule has 4 rings (SSSR count). The van der Waals surface area contributed by atoms with Crippen LogP contribution in [-0.2, 0) is 11.3 Å². The summed E-state index contributed by atoms with van der Waals surface area (Å²) in [6, 6.07) is 12.4. The Morgan fingerprint density at radius 1 is 1.15 bits per heavy atom.